The Kier molecular flexibility index (Phi) is 5.10. The third-order valence-electron chi connectivity index (χ3n) is 4.61. The van der Waals surface area contributed by atoms with Crippen molar-refractivity contribution in [3.8, 4) is 0 Å². The molecule has 4 rings (SSSR count). The van der Waals surface area contributed by atoms with Gasteiger partial charge in [0.1, 0.15) is 0 Å². The first-order valence-electron chi connectivity index (χ1n) is 9.01. The lowest BCUT2D eigenvalue weighted by molar-refractivity contribution is 0.0601. The number of nitrogens with zero attached hydrogens (tertiary/aromatic N) is 2. The zero-order valence-corrected chi connectivity index (χ0v) is 16.6. The van der Waals surface area contributed by atoms with Crippen molar-refractivity contribution < 1.29 is 14.3 Å². The maximum Gasteiger partial charge on any atom is 0.337 e. The summed E-state index contributed by atoms with van der Waals surface area (Å²) in [4.78, 5) is 29.6. The average Bonchev–Trinajstić information content (AvgIpc) is 3.09. The molecule has 0 aliphatic carbocycles. The smallest absolute Gasteiger partial charge is 0.337 e. The third-order valence-corrected chi connectivity index (χ3v) is 5.65. The largest absolute Gasteiger partial charge is 0.465 e. The minimum Gasteiger partial charge on any atom is -0.465 e. The van der Waals surface area contributed by atoms with Crippen molar-refractivity contribution in [2.24, 2.45) is 4.99 Å². The summed E-state index contributed by atoms with van der Waals surface area (Å²) in [7, 11) is 1.35. The fraction of sp³-hybridized carbons (Fsp3) is 0.0870. The van der Waals surface area contributed by atoms with Crippen molar-refractivity contribution in [3.05, 3.63) is 89.2 Å². The number of allylic oxidation sites excluding steroid dienone is 1. The molecule has 0 N–H and O–H groups in total. The predicted octanol–water partition coefficient (Wildman–Crippen LogP) is 4.57. The Morgan fingerprint density at radius 2 is 1.83 bits per heavy atom. The van der Waals surface area contributed by atoms with Crippen LogP contribution >= 0.6 is 11.3 Å². The van der Waals surface area contributed by atoms with E-state index in [1.807, 2.05) is 47.0 Å². The minimum atomic E-state index is -0.402. The topological polar surface area (TPSA) is 60.7 Å². The summed E-state index contributed by atoms with van der Waals surface area (Å²) in [6, 6.07) is 18.7. The summed E-state index contributed by atoms with van der Waals surface area (Å²) >= 11 is 1.35. The van der Waals surface area contributed by atoms with Gasteiger partial charge in [-0.1, -0.05) is 47.7 Å². The summed E-state index contributed by atoms with van der Waals surface area (Å²) in [5.74, 6) is -0.713. The number of thiazole rings is 1. The summed E-state index contributed by atoms with van der Waals surface area (Å²) in [5.41, 5.74) is 1.87. The molecule has 4 aromatic rings. The maximum atomic E-state index is 12.8. The highest BCUT2D eigenvalue weighted by Gasteiger charge is 2.12. The molecule has 6 heteroatoms. The van der Waals surface area contributed by atoms with Gasteiger partial charge in [-0.25, -0.2) is 4.79 Å². The van der Waals surface area contributed by atoms with E-state index in [2.05, 4.69) is 11.6 Å². The first kappa shape index (κ1) is 18.8. The molecule has 1 amide bonds. The summed E-state index contributed by atoms with van der Waals surface area (Å²) in [6.45, 7) is 4.30. The highest BCUT2D eigenvalue weighted by Crippen LogP contribution is 2.21. The molecular formula is C23H18N2O3S. The van der Waals surface area contributed by atoms with Crippen LogP contribution in [0.1, 0.15) is 20.7 Å². The zero-order chi connectivity index (χ0) is 20.4. The molecule has 1 aromatic heterocycles. The van der Waals surface area contributed by atoms with Gasteiger partial charge in [-0.05, 0) is 41.1 Å². The molecular weight excluding hydrogens is 384 g/mol. The Bertz CT molecular complexity index is 1330. The number of rotatable bonds is 4. The highest BCUT2D eigenvalue weighted by molar-refractivity contribution is 7.16. The van der Waals surface area contributed by atoms with Gasteiger partial charge < -0.3 is 9.30 Å². The Labute approximate surface area is 171 Å². The monoisotopic (exact) mass is 402 g/mol. The molecule has 0 spiro atoms. The van der Waals surface area contributed by atoms with Crippen LogP contribution in [0.15, 0.2) is 78.3 Å². The van der Waals surface area contributed by atoms with Crippen molar-refractivity contribution in [3.63, 3.8) is 0 Å². The first-order valence-corrected chi connectivity index (χ1v) is 9.83. The van der Waals surface area contributed by atoms with E-state index < -0.39 is 5.97 Å². The fourth-order valence-electron chi connectivity index (χ4n) is 3.18. The van der Waals surface area contributed by atoms with Gasteiger partial charge in [0, 0.05) is 12.1 Å². The number of methoxy groups -OCH3 is 1. The van der Waals surface area contributed by atoms with Crippen LogP contribution in [-0.2, 0) is 11.3 Å². The lowest BCUT2D eigenvalue weighted by atomic mass is 10.1. The number of benzene rings is 3. The second-order valence-corrected chi connectivity index (χ2v) is 7.45. The van der Waals surface area contributed by atoms with Gasteiger partial charge in [0.15, 0.2) is 4.80 Å². The second kappa shape index (κ2) is 7.85. The lowest BCUT2D eigenvalue weighted by Gasteiger charge is -2.03. The van der Waals surface area contributed by atoms with Crippen LogP contribution in [0.5, 0.6) is 0 Å². The van der Waals surface area contributed by atoms with E-state index in [9.17, 15) is 9.59 Å². The Hall–Kier alpha value is -3.51. The molecule has 0 fully saturated rings. The van der Waals surface area contributed by atoms with Crippen molar-refractivity contribution in [2.75, 3.05) is 7.11 Å². The van der Waals surface area contributed by atoms with Crippen LogP contribution in [-0.4, -0.2) is 23.6 Å². The standard InChI is InChI=1S/C23H18N2O3S/c1-3-12-25-19-11-10-18(22(27)28-2)14-20(19)29-23(25)24-21(26)17-9-8-15-6-4-5-7-16(15)13-17/h3-11,13-14H,1,12H2,2H3. The number of hydrogen-bond acceptors (Lipinski definition) is 4. The van der Waals surface area contributed by atoms with E-state index in [0.29, 0.717) is 22.5 Å². The van der Waals surface area contributed by atoms with Crippen LogP contribution in [0, 0.1) is 0 Å². The molecule has 0 aliphatic rings. The number of aromatic nitrogens is 1. The second-order valence-electron chi connectivity index (χ2n) is 6.44. The number of fused-ring (bicyclic) bond motifs is 2. The molecule has 0 radical (unpaired) electrons. The SMILES string of the molecule is C=CCn1c(=NC(=O)c2ccc3ccccc3c2)sc2cc(C(=O)OC)ccc21. The lowest BCUT2D eigenvalue weighted by Crippen LogP contribution is -2.16. The third kappa shape index (κ3) is 3.62. The van der Waals surface area contributed by atoms with Crippen molar-refractivity contribution in [2.45, 2.75) is 6.54 Å². The summed E-state index contributed by atoms with van der Waals surface area (Å²) < 4.78 is 7.55. The van der Waals surface area contributed by atoms with Crippen molar-refractivity contribution >= 4 is 44.2 Å². The molecule has 3 aromatic carbocycles. The van der Waals surface area contributed by atoms with Crippen molar-refractivity contribution in [1.82, 2.24) is 4.57 Å². The molecule has 0 atom stereocenters. The van der Waals surface area contributed by atoms with E-state index in [0.717, 1.165) is 21.0 Å². The van der Waals surface area contributed by atoms with E-state index in [4.69, 9.17) is 4.74 Å². The van der Waals surface area contributed by atoms with Crippen LogP contribution in [0.3, 0.4) is 0 Å². The molecule has 144 valence electrons. The van der Waals surface area contributed by atoms with Crippen LogP contribution in [0.2, 0.25) is 0 Å². The average molecular weight is 402 g/mol. The Balaban J connectivity index is 1.82. The van der Waals surface area contributed by atoms with Gasteiger partial charge in [-0.3, -0.25) is 4.79 Å². The number of esters is 1. The summed E-state index contributed by atoms with van der Waals surface area (Å²) in [5, 5.41) is 2.06. The fourth-order valence-corrected chi connectivity index (χ4v) is 4.26. The molecule has 0 saturated heterocycles. The van der Waals surface area contributed by atoms with Gasteiger partial charge in [0.2, 0.25) is 0 Å². The Morgan fingerprint density at radius 3 is 2.59 bits per heavy atom. The molecule has 5 nitrogen and oxygen atoms in total. The minimum absolute atomic E-state index is 0.312. The molecule has 1 heterocycles. The maximum absolute atomic E-state index is 12.8. The number of carbonyl (C=O) groups excluding carboxylic acids is 2. The van der Waals surface area contributed by atoms with Gasteiger partial charge in [0.05, 0.1) is 22.9 Å². The van der Waals surface area contributed by atoms with Crippen LogP contribution in [0.4, 0.5) is 0 Å². The molecule has 29 heavy (non-hydrogen) atoms. The predicted molar refractivity (Wildman–Crippen MR) is 115 cm³/mol. The number of carbonyl (C=O) groups is 2. The number of ether oxygens (including phenoxy) is 1. The Morgan fingerprint density at radius 1 is 1.07 bits per heavy atom. The summed E-state index contributed by atoms with van der Waals surface area (Å²) in [6.07, 6.45) is 1.75. The van der Waals surface area contributed by atoms with Crippen molar-refractivity contribution in [1.29, 1.82) is 0 Å². The number of amides is 1. The van der Waals surface area contributed by atoms with Gasteiger partial charge in [-0.2, -0.15) is 4.99 Å². The highest BCUT2D eigenvalue weighted by atomic mass is 32.1. The first-order chi connectivity index (χ1) is 14.1. The van der Waals surface area contributed by atoms with Gasteiger partial charge in [0.25, 0.3) is 5.91 Å². The van der Waals surface area contributed by atoms with Gasteiger partial charge >= 0.3 is 5.97 Å². The van der Waals surface area contributed by atoms with E-state index in [1.54, 1.807) is 24.3 Å². The zero-order valence-electron chi connectivity index (χ0n) is 15.8. The molecule has 0 unspecified atom stereocenters. The number of hydrogen-bond donors (Lipinski definition) is 0. The van der Waals surface area contributed by atoms with E-state index in [1.165, 1.54) is 18.4 Å². The molecule has 0 saturated carbocycles. The normalized spacial score (nSPS) is 11.7. The van der Waals surface area contributed by atoms with E-state index in [-0.39, 0.29) is 5.91 Å². The quantitative estimate of drug-likeness (QED) is 0.371. The molecule has 0 aliphatic heterocycles. The van der Waals surface area contributed by atoms with Crippen LogP contribution < -0.4 is 4.80 Å². The van der Waals surface area contributed by atoms with E-state index >= 15 is 0 Å². The molecule has 0 bridgehead atoms. The van der Waals surface area contributed by atoms with Crippen LogP contribution in [0.25, 0.3) is 21.0 Å². The van der Waals surface area contributed by atoms with Gasteiger partial charge in [-0.15, -0.1) is 6.58 Å².